The average Bonchev–Trinajstić information content (AvgIpc) is 1.87. The van der Waals surface area contributed by atoms with Crippen molar-refractivity contribution in [1.29, 1.82) is 0 Å². The first-order chi connectivity index (χ1) is 3.29. The fourth-order valence-electron chi connectivity index (χ4n) is 0.418. The number of hydrogen-bond acceptors (Lipinski definition) is 3. The number of ether oxygens (including phenoxy) is 2. The molecule has 0 N–H and O–H groups in total. The van der Waals surface area contributed by atoms with Gasteiger partial charge in [0.15, 0.2) is 0 Å². The summed E-state index contributed by atoms with van der Waals surface area (Å²) in [5.41, 5.74) is 0. The molecule has 0 bridgehead atoms. The lowest BCUT2D eigenvalue weighted by molar-refractivity contribution is 0.121. The van der Waals surface area contributed by atoms with Gasteiger partial charge in [-0.15, -0.1) is 0 Å². The Kier molecular flexibility index (Phi) is 2.68. The van der Waals surface area contributed by atoms with Crippen LogP contribution in [0.5, 0.6) is 0 Å². The summed E-state index contributed by atoms with van der Waals surface area (Å²) in [6, 6.07) is 0. The van der Waals surface area contributed by atoms with E-state index >= 15 is 0 Å². The van der Waals surface area contributed by atoms with Gasteiger partial charge in [-0.2, -0.15) is 13.5 Å². The maximum Gasteiger partial charge on any atom is 0.508 e. The topological polar surface area (TPSA) is 35.5 Å². The highest BCUT2D eigenvalue weighted by Crippen LogP contribution is 2.02. The molecule has 0 spiro atoms. The van der Waals surface area contributed by atoms with E-state index in [1.54, 1.807) is 6.92 Å². The van der Waals surface area contributed by atoms with Crippen LogP contribution in [-0.4, -0.2) is 18.9 Å². The highest BCUT2D eigenvalue weighted by atomic mass is 32.1. The van der Waals surface area contributed by atoms with Gasteiger partial charge in [0.05, 0.1) is 0 Å². The molecule has 0 aliphatic carbocycles. The highest BCUT2D eigenvalue weighted by Gasteiger charge is 2.19. The fourth-order valence-corrected chi connectivity index (χ4v) is 0.418. The standard InChI is InChI=1S/C4H6O3.H2S/c1-3-2-6-4(5)7-3;/h3H,2H2,1H3;1H2. The van der Waals surface area contributed by atoms with Crippen molar-refractivity contribution in [3.63, 3.8) is 0 Å². The van der Waals surface area contributed by atoms with Crippen molar-refractivity contribution >= 4 is 19.7 Å². The maximum atomic E-state index is 10.0. The van der Waals surface area contributed by atoms with Crippen molar-refractivity contribution in [2.45, 2.75) is 13.0 Å². The molecular formula is C4H8O3S. The van der Waals surface area contributed by atoms with Gasteiger partial charge in [0.2, 0.25) is 0 Å². The predicted octanol–water partition coefficient (Wildman–Crippen LogP) is 0.654. The molecule has 1 unspecified atom stereocenters. The Bertz CT molecular complexity index is 93.3. The molecule has 8 heavy (non-hydrogen) atoms. The summed E-state index contributed by atoms with van der Waals surface area (Å²) in [6.45, 7) is 2.18. The minimum absolute atomic E-state index is 0. The summed E-state index contributed by atoms with van der Waals surface area (Å²) in [4.78, 5) is 10.0. The van der Waals surface area contributed by atoms with Crippen LogP contribution in [0.1, 0.15) is 6.92 Å². The summed E-state index contributed by atoms with van der Waals surface area (Å²) in [6.07, 6.45) is -0.597. The van der Waals surface area contributed by atoms with Gasteiger partial charge in [-0.05, 0) is 6.92 Å². The minimum atomic E-state index is -0.549. The van der Waals surface area contributed by atoms with E-state index in [4.69, 9.17) is 0 Å². The molecule has 1 aliphatic heterocycles. The zero-order valence-corrected chi connectivity index (χ0v) is 5.51. The molecule has 48 valence electrons. The summed E-state index contributed by atoms with van der Waals surface area (Å²) < 4.78 is 8.90. The smallest absolute Gasteiger partial charge is 0.430 e. The van der Waals surface area contributed by atoms with E-state index < -0.39 is 6.16 Å². The van der Waals surface area contributed by atoms with Gasteiger partial charge in [-0.3, -0.25) is 0 Å². The molecule has 1 saturated heterocycles. The Labute approximate surface area is 54.4 Å². The molecule has 1 fully saturated rings. The van der Waals surface area contributed by atoms with Crippen molar-refractivity contribution in [3.05, 3.63) is 0 Å². The molecule has 1 heterocycles. The first-order valence-corrected chi connectivity index (χ1v) is 2.12. The highest BCUT2D eigenvalue weighted by molar-refractivity contribution is 7.59. The molecule has 0 aromatic heterocycles. The molecule has 0 aromatic rings. The van der Waals surface area contributed by atoms with Crippen LogP contribution in [-0.2, 0) is 9.47 Å². The third kappa shape index (κ3) is 1.61. The number of carbonyl (C=O) groups is 1. The van der Waals surface area contributed by atoms with Gasteiger partial charge in [-0.25, -0.2) is 4.79 Å². The quantitative estimate of drug-likeness (QED) is 0.459. The zero-order chi connectivity index (χ0) is 5.28. The first kappa shape index (κ1) is 7.62. The lowest BCUT2D eigenvalue weighted by Crippen LogP contribution is -2.01. The SMILES string of the molecule is CC1COC(=O)O1.S. The van der Waals surface area contributed by atoms with Crippen LogP contribution >= 0.6 is 13.5 Å². The van der Waals surface area contributed by atoms with E-state index in [1.807, 2.05) is 0 Å². The zero-order valence-electron chi connectivity index (χ0n) is 4.51. The molecule has 0 aromatic carbocycles. The van der Waals surface area contributed by atoms with Gasteiger partial charge in [0.25, 0.3) is 0 Å². The Balaban J connectivity index is 0.000000490. The summed E-state index contributed by atoms with van der Waals surface area (Å²) in [5, 5.41) is 0. The molecule has 1 rings (SSSR count). The van der Waals surface area contributed by atoms with Crippen molar-refractivity contribution < 1.29 is 14.3 Å². The Hall–Kier alpha value is -0.380. The summed E-state index contributed by atoms with van der Waals surface area (Å²) in [5.74, 6) is 0. The van der Waals surface area contributed by atoms with Gasteiger partial charge in [-0.1, -0.05) is 0 Å². The van der Waals surface area contributed by atoms with E-state index in [0.717, 1.165) is 0 Å². The molecule has 1 atom stereocenters. The van der Waals surface area contributed by atoms with Crippen LogP contribution in [0.4, 0.5) is 4.79 Å². The second kappa shape index (κ2) is 2.81. The van der Waals surface area contributed by atoms with Crippen molar-refractivity contribution in [2.75, 3.05) is 6.61 Å². The number of rotatable bonds is 0. The van der Waals surface area contributed by atoms with Gasteiger partial charge in [0, 0.05) is 0 Å². The van der Waals surface area contributed by atoms with Crippen LogP contribution < -0.4 is 0 Å². The largest absolute Gasteiger partial charge is 0.508 e. The van der Waals surface area contributed by atoms with E-state index in [-0.39, 0.29) is 19.6 Å². The van der Waals surface area contributed by atoms with E-state index in [9.17, 15) is 4.79 Å². The van der Waals surface area contributed by atoms with Crippen LogP contribution in [0, 0.1) is 0 Å². The second-order valence-electron chi connectivity index (χ2n) is 1.49. The molecule has 0 saturated carbocycles. The molecular weight excluding hydrogens is 128 g/mol. The maximum absolute atomic E-state index is 10.0. The summed E-state index contributed by atoms with van der Waals surface area (Å²) >= 11 is 0. The molecule has 0 radical (unpaired) electrons. The molecule has 4 heteroatoms. The van der Waals surface area contributed by atoms with Crippen LogP contribution in [0.2, 0.25) is 0 Å². The fraction of sp³-hybridized carbons (Fsp3) is 0.750. The average molecular weight is 136 g/mol. The Morgan fingerprint density at radius 3 is 2.50 bits per heavy atom. The van der Waals surface area contributed by atoms with E-state index in [2.05, 4.69) is 9.47 Å². The lowest BCUT2D eigenvalue weighted by Gasteiger charge is -1.90. The van der Waals surface area contributed by atoms with Gasteiger partial charge in [0.1, 0.15) is 12.7 Å². The monoisotopic (exact) mass is 136 g/mol. The van der Waals surface area contributed by atoms with Gasteiger partial charge < -0.3 is 9.47 Å². The van der Waals surface area contributed by atoms with Crippen LogP contribution in [0.3, 0.4) is 0 Å². The summed E-state index contributed by atoms with van der Waals surface area (Å²) in [7, 11) is 0. The van der Waals surface area contributed by atoms with Gasteiger partial charge >= 0.3 is 6.16 Å². The number of carbonyl (C=O) groups excluding carboxylic acids is 1. The Morgan fingerprint density at radius 2 is 2.38 bits per heavy atom. The number of cyclic esters (lactones) is 2. The van der Waals surface area contributed by atoms with Crippen molar-refractivity contribution in [3.8, 4) is 0 Å². The first-order valence-electron chi connectivity index (χ1n) is 2.12. The molecule has 0 amide bonds. The Morgan fingerprint density at radius 1 is 1.75 bits per heavy atom. The molecule has 1 aliphatic rings. The second-order valence-corrected chi connectivity index (χ2v) is 1.49. The van der Waals surface area contributed by atoms with E-state index in [0.29, 0.717) is 6.61 Å². The third-order valence-electron chi connectivity index (χ3n) is 0.733. The van der Waals surface area contributed by atoms with Crippen LogP contribution in [0.25, 0.3) is 0 Å². The normalized spacial score (nSPS) is 25.6. The predicted molar refractivity (Wildman–Crippen MR) is 32.3 cm³/mol. The molecule has 3 nitrogen and oxygen atoms in total. The minimum Gasteiger partial charge on any atom is -0.430 e. The number of hydrogen-bond donors (Lipinski definition) is 0. The lowest BCUT2D eigenvalue weighted by atomic mass is 10.5. The van der Waals surface area contributed by atoms with Crippen LogP contribution in [0.15, 0.2) is 0 Å². The van der Waals surface area contributed by atoms with Crippen molar-refractivity contribution in [2.24, 2.45) is 0 Å². The van der Waals surface area contributed by atoms with E-state index in [1.165, 1.54) is 0 Å². The van der Waals surface area contributed by atoms with Crippen molar-refractivity contribution in [1.82, 2.24) is 0 Å². The third-order valence-corrected chi connectivity index (χ3v) is 0.733.